The van der Waals surface area contributed by atoms with Crippen LogP contribution in [0.3, 0.4) is 0 Å². The van der Waals surface area contributed by atoms with Crippen LogP contribution in [-0.4, -0.2) is 52.3 Å². The zero-order valence-corrected chi connectivity index (χ0v) is 16.5. The van der Waals surface area contributed by atoms with Gasteiger partial charge in [0.05, 0.1) is 19.4 Å². The summed E-state index contributed by atoms with van der Waals surface area (Å²) in [6, 6.07) is 9.67. The first-order valence-electron chi connectivity index (χ1n) is 9.80. The quantitative estimate of drug-likeness (QED) is 0.545. The highest BCUT2D eigenvalue weighted by Crippen LogP contribution is 2.25. The van der Waals surface area contributed by atoms with Crippen molar-refractivity contribution >= 4 is 23.5 Å². The number of nitrogens with one attached hydrogen (secondary N) is 2. The lowest BCUT2D eigenvalue weighted by Crippen LogP contribution is -2.35. The Hall–Kier alpha value is -3.49. The van der Waals surface area contributed by atoms with Gasteiger partial charge in [-0.25, -0.2) is 4.98 Å². The SMILES string of the molecule is Nc1cc(-c2cn[nH]c2)c(/C=C/C(=O)Nc2ccc(CN3CCOCC3)cc2)cn1. The minimum Gasteiger partial charge on any atom is -0.384 e. The van der Waals surface area contributed by atoms with Gasteiger partial charge >= 0.3 is 0 Å². The summed E-state index contributed by atoms with van der Waals surface area (Å²) in [5.41, 5.74) is 10.3. The van der Waals surface area contributed by atoms with Gasteiger partial charge in [-0.3, -0.25) is 14.8 Å². The molecule has 1 aliphatic rings. The van der Waals surface area contributed by atoms with Gasteiger partial charge in [0, 0.05) is 54.9 Å². The van der Waals surface area contributed by atoms with Crippen LogP contribution in [0.25, 0.3) is 17.2 Å². The second-order valence-corrected chi connectivity index (χ2v) is 7.09. The number of morpholine rings is 1. The number of pyridine rings is 1. The topological polar surface area (TPSA) is 109 Å². The molecule has 0 spiro atoms. The Morgan fingerprint density at radius 2 is 2.03 bits per heavy atom. The first kappa shape index (κ1) is 19.8. The van der Waals surface area contributed by atoms with E-state index in [9.17, 15) is 4.79 Å². The van der Waals surface area contributed by atoms with E-state index in [0.29, 0.717) is 5.82 Å². The highest BCUT2D eigenvalue weighted by molar-refractivity contribution is 6.02. The van der Waals surface area contributed by atoms with Gasteiger partial charge in [0.25, 0.3) is 0 Å². The summed E-state index contributed by atoms with van der Waals surface area (Å²) in [6.07, 6.45) is 8.31. The molecular weight excluding hydrogens is 380 g/mol. The largest absolute Gasteiger partial charge is 0.384 e. The zero-order valence-electron chi connectivity index (χ0n) is 16.5. The summed E-state index contributed by atoms with van der Waals surface area (Å²) < 4.78 is 5.38. The number of benzene rings is 1. The van der Waals surface area contributed by atoms with Crippen LogP contribution in [0.15, 0.2) is 55.0 Å². The molecule has 30 heavy (non-hydrogen) atoms. The number of ether oxygens (including phenoxy) is 1. The van der Waals surface area contributed by atoms with Crippen molar-refractivity contribution in [3.63, 3.8) is 0 Å². The zero-order chi connectivity index (χ0) is 20.8. The standard InChI is InChI=1S/C22H24N6O2/c23-21-11-20(18-13-25-26-14-18)17(12-24-21)3-6-22(29)27-19-4-1-16(2-5-19)15-28-7-9-30-10-8-28/h1-6,11-14H,7-10,15H2,(H2,23,24)(H,25,26)(H,27,29)/b6-3+. The van der Waals surface area contributed by atoms with E-state index < -0.39 is 0 Å². The maximum atomic E-state index is 12.4. The van der Waals surface area contributed by atoms with E-state index in [4.69, 9.17) is 10.5 Å². The fourth-order valence-corrected chi connectivity index (χ4v) is 3.32. The molecule has 0 atom stereocenters. The number of nitrogens with zero attached hydrogens (tertiary/aromatic N) is 3. The molecule has 0 saturated carbocycles. The first-order chi connectivity index (χ1) is 14.7. The lowest BCUT2D eigenvalue weighted by atomic mass is 10.0. The van der Waals surface area contributed by atoms with Crippen LogP contribution in [0.5, 0.6) is 0 Å². The molecule has 4 N–H and O–H groups in total. The van der Waals surface area contributed by atoms with E-state index in [-0.39, 0.29) is 5.91 Å². The number of aromatic amines is 1. The molecular formula is C22H24N6O2. The molecule has 154 valence electrons. The highest BCUT2D eigenvalue weighted by Gasteiger charge is 2.11. The molecule has 0 bridgehead atoms. The number of nitrogen functional groups attached to an aromatic ring is 1. The second kappa shape index (κ2) is 9.34. The van der Waals surface area contributed by atoms with Crippen molar-refractivity contribution in [3.8, 4) is 11.1 Å². The third-order valence-electron chi connectivity index (χ3n) is 4.91. The molecule has 2 aromatic heterocycles. The normalized spacial score (nSPS) is 14.8. The summed E-state index contributed by atoms with van der Waals surface area (Å²) >= 11 is 0. The number of aromatic nitrogens is 3. The molecule has 1 aromatic carbocycles. The predicted octanol–water partition coefficient (Wildman–Crippen LogP) is 2.54. The van der Waals surface area contributed by atoms with Crippen LogP contribution in [0.4, 0.5) is 11.5 Å². The number of H-pyrrole nitrogens is 1. The number of carbonyl (C=O) groups is 1. The van der Waals surface area contributed by atoms with E-state index in [1.807, 2.05) is 24.3 Å². The number of hydrogen-bond acceptors (Lipinski definition) is 6. The van der Waals surface area contributed by atoms with Gasteiger partial charge in [-0.15, -0.1) is 0 Å². The van der Waals surface area contributed by atoms with Crippen molar-refractivity contribution < 1.29 is 9.53 Å². The third-order valence-corrected chi connectivity index (χ3v) is 4.91. The van der Waals surface area contributed by atoms with Crippen molar-refractivity contribution in [3.05, 3.63) is 66.1 Å². The molecule has 4 rings (SSSR count). The molecule has 8 nitrogen and oxygen atoms in total. The average Bonchev–Trinajstić information content (AvgIpc) is 3.30. The Morgan fingerprint density at radius 1 is 1.23 bits per heavy atom. The fourth-order valence-electron chi connectivity index (χ4n) is 3.32. The van der Waals surface area contributed by atoms with Crippen molar-refractivity contribution in [2.75, 3.05) is 37.4 Å². The number of hydrogen-bond donors (Lipinski definition) is 3. The minimum absolute atomic E-state index is 0.217. The van der Waals surface area contributed by atoms with Gasteiger partial charge in [0.15, 0.2) is 0 Å². The van der Waals surface area contributed by atoms with Crippen LogP contribution in [0.1, 0.15) is 11.1 Å². The summed E-state index contributed by atoms with van der Waals surface area (Å²) in [7, 11) is 0. The Kier molecular flexibility index (Phi) is 6.17. The number of amides is 1. The first-order valence-corrected chi connectivity index (χ1v) is 9.80. The van der Waals surface area contributed by atoms with E-state index >= 15 is 0 Å². The van der Waals surface area contributed by atoms with Crippen LogP contribution in [0, 0.1) is 0 Å². The van der Waals surface area contributed by atoms with E-state index in [2.05, 4.69) is 25.4 Å². The van der Waals surface area contributed by atoms with Gasteiger partial charge in [-0.2, -0.15) is 5.10 Å². The number of carbonyl (C=O) groups excluding carboxylic acids is 1. The minimum atomic E-state index is -0.217. The predicted molar refractivity (Wildman–Crippen MR) is 116 cm³/mol. The monoisotopic (exact) mass is 404 g/mol. The van der Waals surface area contributed by atoms with E-state index in [0.717, 1.165) is 55.2 Å². The van der Waals surface area contributed by atoms with Crippen LogP contribution in [-0.2, 0) is 16.1 Å². The third kappa shape index (κ3) is 5.11. The molecule has 0 aliphatic carbocycles. The Balaban J connectivity index is 1.38. The van der Waals surface area contributed by atoms with E-state index in [1.54, 1.807) is 30.7 Å². The molecule has 0 radical (unpaired) electrons. The molecule has 3 aromatic rings. The summed E-state index contributed by atoms with van der Waals surface area (Å²) in [4.78, 5) is 18.8. The maximum Gasteiger partial charge on any atom is 0.248 e. The molecule has 1 saturated heterocycles. The van der Waals surface area contributed by atoms with Gasteiger partial charge in [-0.05, 0) is 35.4 Å². The lowest BCUT2D eigenvalue weighted by molar-refractivity contribution is -0.111. The summed E-state index contributed by atoms with van der Waals surface area (Å²) in [5, 5.41) is 9.63. The molecule has 1 amide bonds. The van der Waals surface area contributed by atoms with Crippen LogP contribution in [0.2, 0.25) is 0 Å². The smallest absolute Gasteiger partial charge is 0.248 e. The second-order valence-electron chi connectivity index (χ2n) is 7.09. The summed E-state index contributed by atoms with van der Waals surface area (Å²) in [5.74, 6) is 0.191. The molecule has 1 aliphatic heterocycles. The maximum absolute atomic E-state index is 12.4. The van der Waals surface area contributed by atoms with Crippen LogP contribution >= 0.6 is 0 Å². The van der Waals surface area contributed by atoms with Crippen molar-refractivity contribution in [1.82, 2.24) is 20.1 Å². The van der Waals surface area contributed by atoms with E-state index in [1.165, 1.54) is 11.6 Å². The van der Waals surface area contributed by atoms with Gasteiger partial charge in [-0.1, -0.05) is 12.1 Å². The molecule has 3 heterocycles. The van der Waals surface area contributed by atoms with Gasteiger partial charge in [0.1, 0.15) is 5.82 Å². The molecule has 8 heteroatoms. The Bertz CT molecular complexity index is 1010. The van der Waals surface area contributed by atoms with Crippen LogP contribution < -0.4 is 11.1 Å². The fraction of sp³-hybridized carbons (Fsp3) is 0.227. The number of nitrogens with two attached hydrogens (primary N) is 1. The highest BCUT2D eigenvalue weighted by atomic mass is 16.5. The number of anilines is 2. The molecule has 1 fully saturated rings. The Morgan fingerprint density at radius 3 is 2.77 bits per heavy atom. The average molecular weight is 404 g/mol. The lowest BCUT2D eigenvalue weighted by Gasteiger charge is -2.26. The van der Waals surface area contributed by atoms with Crippen molar-refractivity contribution in [1.29, 1.82) is 0 Å². The Labute approximate surface area is 174 Å². The molecule has 0 unspecified atom stereocenters. The van der Waals surface area contributed by atoms with Crippen molar-refractivity contribution in [2.24, 2.45) is 0 Å². The summed E-state index contributed by atoms with van der Waals surface area (Å²) in [6.45, 7) is 4.35. The van der Waals surface area contributed by atoms with Gasteiger partial charge < -0.3 is 15.8 Å². The van der Waals surface area contributed by atoms with Crippen molar-refractivity contribution in [2.45, 2.75) is 6.54 Å². The van der Waals surface area contributed by atoms with Gasteiger partial charge in [0.2, 0.25) is 5.91 Å². The number of rotatable bonds is 6.